The third-order valence-corrected chi connectivity index (χ3v) is 3.92. The van der Waals surface area contributed by atoms with Crippen LogP contribution in [0.2, 0.25) is 0 Å². The van der Waals surface area contributed by atoms with Gasteiger partial charge >= 0.3 is 6.03 Å². The van der Waals surface area contributed by atoms with Gasteiger partial charge in [-0.15, -0.1) is 11.8 Å². The van der Waals surface area contributed by atoms with Crippen molar-refractivity contribution in [3.8, 4) is 0 Å². The minimum atomic E-state index is -0.882. The Morgan fingerprint density at radius 3 is 2.17 bits per heavy atom. The van der Waals surface area contributed by atoms with Crippen LogP contribution in [0, 0.1) is 11.6 Å². The predicted molar refractivity (Wildman–Crippen MR) is 90.5 cm³/mol. The topological polar surface area (TPSA) is 49.4 Å². The molecule has 24 heavy (non-hydrogen) atoms. The van der Waals surface area contributed by atoms with Crippen molar-refractivity contribution in [3.05, 3.63) is 59.7 Å². The zero-order valence-electron chi connectivity index (χ0n) is 13.2. The van der Waals surface area contributed by atoms with E-state index in [0.717, 1.165) is 21.9 Å². The van der Waals surface area contributed by atoms with Crippen molar-refractivity contribution in [3.63, 3.8) is 0 Å². The van der Waals surface area contributed by atoms with Gasteiger partial charge in [-0.25, -0.2) is 18.5 Å². The highest BCUT2D eigenvalue weighted by Gasteiger charge is 2.25. The Balaban J connectivity index is 2.44. The van der Waals surface area contributed by atoms with Gasteiger partial charge in [0.05, 0.1) is 5.69 Å². The van der Waals surface area contributed by atoms with E-state index in [1.165, 1.54) is 11.8 Å². The Labute approximate surface area is 142 Å². The Kier molecular flexibility index (Phi) is 5.92. The maximum atomic E-state index is 13.4. The fraction of sp³-hybridized carbons (Fsp3) is 0.176. The highest BCUT2D eigenvalue weighted by atomic mass is 32.2. The molecule has 1 N–H and O–H groups in total. The number of imide groups is 1. The number of hydrogen-bond donors (Lipinski definition) is 1. The van der Waals surface area contributed by atoms with E-state index >= 15 is 0 Å². The van der Waals surface area contributed by atoms with E-state index in [1.807, 2.05) is 6.26 Å². The first-order chi connectivity index (χ1) is 11.5. The second-order valence-corrected chi connectivity index (χ2v) is 5.71. The average molecular weight is 350 g/mol. The van der Waals surface area contributed by atoms with E-state index in [-0.39, 0.29) is 5.56 Å². The molecule has 0 radical (unpaired) electrons. The summed E-state index contributed by atoms with van der Waals surface area (Å²) in [5.41, 5.74) is 0.0705. The highest BCUT2D eigenvalue weighted by Crippen LogP contribution is 2.23. The van der Waals surface area contributed by atoms with Gasteiger partial charge < -0.3 is 5.32 Å². The van der Waals surface area contributed by atoms with Crippen molar-refractivity contribution < 1.29 is 18.4 Å². The minimum Gasteiger partial charge on any atom is -0.338 e. The number of anilines is 1. The SMILES string of the molecule is CCNC(=O)N(C(=O)c1cc(F)cc(F)c1)c1ccc(SC)cc1. The number of benzene rings is 2. The maximum absolute atomic E-state index is 13.4. The van der Waals surface area contributed by atoms with Gasteiger partial charge in [0.1, 0.15) is 11.6 Å². The van der Waals surface area contributed by atoms with Crippen LogP contribution in [0.3, 0.4) is 0 Å². The van der Waals surface area contributed by atoms with Crippen molar-refractivity contribution in [2.24, 2.45) is 0 Å². The Morgan fingerprint density at radius 1 is 1.08 bits per heavy atom. The maximum Gasteiger partial charge on any atom is 0.329 e. The lowest BCUT2D eigenvalue weighted by Crippen LogP contribution is -2.44. The van der Waals surface area contributed by atoms with Gasteiger partial charge in [0, 0.05) is 23.1 Å². The molecule has 0 spiro atoms. The fourth-order valence-electron chi connectivity index (χ4n) is 2.09. The second-order valence-electron chi connectivity index (χ2n) is 4.83. The lowest BCUT2D eigenvalue weighted by Gasteiger charge is -2.21. The van der Waals surface area contributed by atoms with Gasteiger partial charge in [-0.05, 0) is 49.6 Å². The van der Waals surface area contributed by atoms with Crippen LogP contribution in [-0.4, -0.2) is 24.7 Å². The molecule has 0 saturated heterocycles. The fourth-order valence-corrected chi connectivity index (χ4v) is 2.50. The first-order valence-corrected chi connectivity index (χ1v) is 8.41. The van der Waals surface area contributed by atoms with Crippen LogP contribution in [0.15, 0.2) is 47.4 Å². The summed E-state index contributed by atoms with van der Waals surface area (Å²) in [7, 11) is 0. The number of halogens is 2. The number of carbonyl (C=O) groups excluding carboxylic acids is 2. The average Bonchev–Trinajstić information content (AvgIpc) is 2.55. The smallest absolute Gasteiger partial charge is 0.329 e. The first kappa shape index (κ1) is 17.9. The van der Waals surface area contributed by atoms with Crippen molar-refractivity contribution in [1.29, 1.82) is 0 Å². The molecule has 0 aliphatic carbocycles. The normalized spacial score (nSPS) is 10.3. The van der Waals surface area contributed by atoms with Gasteiger partial charge in [0.25, 0.3) is 5.91 Å². The van der Waals surface area contributed by atoms with Crippen LogP contribution in [0.25, 0.3) is 0 Å². The Bertz CT molecular complexity index is 731. The number of nitrogens with zero attached hydrogens (tertiary/aromatic N) is 1. The summed E-state index contributed by atoms with van der Waals surface area (Å²) in [6.45, 7) is 2.02. The second kappa shape index (κ2) is 7.92. The van der Waals surface area contributed by atoms with E-state index in [2.05, 4.69) is 5.32 Å². The molecule has 2 aromatic rings. The summed E-state index contributed by atoms with van der Waals surface area (Å²) in [6, 6.07) is 8.52. The van der Waals surface area contributed by atoms with Crippen molar-refractivity contribution in [2.45, 2.75) is 11.8 Å². The number of thioether (sulfide) groups is 1. The van der Waals surface area contributed by atoms with Crippen molar-refractivity contribution in [2.75, 3.05) is 17.7 Å². The summed E-state index contributed by atoms with van der Waals surface area (Å²) in [4.78, 5) is 26.8. The number of nitrogens with one attached hydrogen (secondary N) is 1. The summed E-state index contributed by atoms with van der Waals surface area (Å²) in [5.74, 6) is -2.57. The van der Waals surface area contributed by atoms with Gasteiger partial charge in [-0.1, -0.05) is 0 Å². The number of amides is 3. The highest BCUT2D eigenvalue weighted by molar-refractivity contribution is 7.98. The van der Waals surface area contributed by atoms with E-state index < -0.39 is 23.6 Å². The van der Waals surface area contributed by atoms with Gasteiger partial charge in [-0.2, -0.15) is 0 Å². The van der Waals surface area contributed by atoms with E-state index in [1.54, 1.807) is 31.2 Å². The number of hydrogen-bond acceptors (Lipinski definition) is 3. The third-order valence-electron chi connectivity index (χ3n) is 3.17. The molecule has 0 saturated carbocycles. The van der Waals surface area contributed by atoms with Crippen LogP contribution in [0.4, 0.5) is 19.3 Å². The first-order valence-electron chi connectivity index (χ1n) is 7.18. The molecule has 0 aliphatic rings. The van der Waals surface area contributed by atoms with Crippen LogP contribution in [-0.2, 0) is 0 Å². The molecule has 2 rings (SSSR count). The quantitative estimate of drug-likeness (QED) is 0.846. The molecule has 2 aromatic carbocycles. The summed E-state index contributed by atoms with van der Waals surface area (Å²) in [5, 5.41) is 2.53. The molecule has 0 atom stereocenters. The monoisotopic (exact) mass is 350 g/mol. The third kappa shape index (κ3) is 4.11. The largest absolute Gasteiger partial charge is 0.338 e. The van der Waals surface area contributed by atoms with Crippen LogP contribution < -0.4 is 10.2 Å². The molecular weight excluding hydrogens is 334 g/mol. The van der Waals surface area contributed by atoms with Crippen LogP contribution >= 0.6 is 11.8 Å². The summed E-state index contributed by atoms with van der Waals surface area (Å²) < 4.78 is 26.8. The molecule has 0 aromatic heterocycles. The number of carbonyl (C=O) groups is 2. The molecule has 0 unspecified atom stereocenters. The zero-order chi connectivity index (χ0) is 17.7. The molecule has 0 heterocycles. The molecule has 3 amide bonds. The molecular formula is C17H16F2N2O2S. The van der Waals surface area contributed by atoms with E-state index in [0.29, 0.717) is 18.3 Å². The molecule has 7 heteroatoms. The lowest BCUT2D eigenvalue weighted by atomic mass is 10.1. The van der Waals surface area contributed by atoms with Crippen molar-refractivity contribution in [1.82, 2.24) is 5.32 Å². The molecule has 0 aliphatic heterocycles. The Morgan fingerprint density at radius 2 is 1.67 bits per heavy atom. The van der Waals surface area contributed by atoms with Gasteiger partial charge in [-0.3, -0.25) is 4.79 Å². The number of rotatable bonds is 4. The summed E-state index contributed by atoms with van der Waals surface area (Å²) in [6.07, 6.45) is 1.90. The number of urea groups is 1. The van der Waals surface area contributed by atoms with E-state index in [9.17, 15) is 18.4 Å². The predicted octanol–water partition coefficient (Wildman–Crippen LogP) is 4.06. The van der Waals surface area contributed by atoms with Crippen molar-refractivity contribution >= 4 is 29.4 Å². The summed E-state index contributed by atoms with van der Waals surface area (Å²) >= 11 is 1.51. The van der Waals surface area contributed by atoms with Gasteiger partial charge in [0.2, 0.25) is 0 Å². The molecule has 0 bridgehead atoms. The lowest BCUT2D eigenvalue weighted by molar-refractivity contribution is 0.0993. The zero-order valence-corrected chi connectivity index (χ0v) is 14.0. The standard InChI is InChI=1S/C17H16F2N2O2S/c1-3-20-17(23)21(14-4-6-15(24-2)7-5-14)16(22)11-8-12(18)10-13(19)9-11/h4-10H,3H2,1-2H3,(H,20,23). The molecule has 4 nitrogen and oxygen atoms in total. The van der Waals surface area contributed by atoms with E-state index in [4.69, 9.17) is 0 Å². The van der Waals surface area contributed by atoms with Crippen LogP contribution in [0.1, 0.15) is 17.3 Å². The minimum absolute atomic E-state index is 0.243. The molecule has 0 fully saturated rings. The molecule has 126 valence electrons. The van der Waals surface area contributed by atoms with Gasteiger partial charge in [0.15, 0.2) is 0 Å². The Hall–Kier alpha value is -2.41. The van der Waals surface area contributed by atoms with Crippen LogP contribution in [0.5, 0.6) is 0 Å².